The molecule has 1 amide bonds. The van der Waals surface area contributed by atoms with Gasteiger partial charge >= 0.3 is 11.8 Å². The van der Waals surface area contributed by atoms with Crippen molar-refractivity contribution < 1.29 is 33.8 Å². The Labute approximate surface area is 144 Å². The van der Waals surface area contributed by atoms with Gasteiger partial charge in [0.1, 0.15) is 13.2 Å². The lowest BCUT2D eigenvalue weighted by Gasteiger charge is -2.12. The number of alkyl carbamates (subject to hydrolysis) is 1. The fourth-order valence-corrected chi connectivity index (χ4v) is 1.80. The van der Waals surface area contributed by atoms with E-state index in [0.717, 1.165) is 0 Å². The zero-order valence-corrected chi connectivity index (χ0v) is 13.9. The quantitative estimate of drug-likeness (QED) is 0.320. The molecule has 0 saturated heterocycles. The van der Waals surface area contributed by atoms with Crippen LogP contribution < -0.4 is 10.1 Å². The summed E-state index contributed by atoms with van der Waals surface area (Å²) >= 11 is 0. The minimum atomic E-state index is -0.649. The fourth-order valence-electron chi connectivity index (χ4n) is 1.80. The molecule has 10 nitrogen and oxygen atoms in total. The molecule has 0 atom stereocenters. The highest BCUT2D eigenvalue weighted by Crippen LogP contribution is 2.31. The number of ether oxygens (including phenoxy) is 4. The van der Waals surface area contributed by atoms with Crippen LogP contribution in [0.25, 0.3) is 0 Å². The number of nitrogens with zero attached hydrogens (tertiary/aromatic N) is 1. The first-order valence-electron chi connectivity index (χ1n) is 7.60. The molecule has 0 radical (unpaired) electrons. The van der Waals surface area contributed by atoms with Crippen molar-refractivity contribution in [3.63, 3.8) is 0 Å². The van der Waals surface area contributed by atoms with Gasteiger partial charge in [-0.05, 0) is 0 Å². The molecular weight excluding hydrogens is 336 g/mol. The Morgan fingerprint density at radius 2 is 1.88 bits per heavy atom. The van der Waals surface area contributed by atoms with Crippen molar-refractivity contribution in [3.05, 3.63) is 33.9 Å². The topological polar surface area (TPSA) is 129 Å². The monoisotopic (exact) mass is 358 g/mol. The van der Waals surface area contributed by atoms with Crippen molar-refractivity contribution in [2.45, 2.75) is 6.61 Å². The Morgan fingerprint density at radius 1 is 1.20 bits per heavy atom. The molecule has 1 aromatic rings. The molecule has 1 rings (SSSR count). The number of benzene rings is 1. The third kappa shape index (κ3) is 7.79. The van der Waals surface area contributed by atoms with Gasteiger partial charge < -0.3 is 29.4 Å². The van der Waals surface area contributed by atoms with Crippen LogP contribution >= 0.6 is 0 Å². The Balaban J connectivity index is 2.56. The van der Waals surface area contributed by atoms with Gasteiger partial charge in [0.15, 0.2) is 0 Å². The molecule has 0 unspecified atom stereocenters. The second kappa shape index (κ2) is 12.0. The molecule has 2 N–H and O–H groups in total. The molecular formula is C15H22N2O8. The van der Waals surface area contributed by atoms with Crippen molar-refractivity contribution in [1.82, 2.24) is 5.32 Å². The number of nitro groups is 1. The zero-order chi connectivity index (χ0) is 18.5. The molecule has 10 heteroatoms. The Morgan fingerprint density at radius 3 is 2.52 bits per heavy atom. The lowest BCUT2D eigenvalue weighted by Crippen LogP contribution is -2.19. The number of aliphatic hydroxyl groups is 1. The summed E-state index contributed by atoms with van der Waals surface area (Å²) in [5.74, 6) is 0.0385. The summed E-state index contributed by atoms with van der Waals surface area (Å²) < 4.78 is 20.7. The van der Waals surface area contributed by atoms with E-state index in [4.69, 9.17) is 24.1 Å². The predicted molar refractivity (Wildman–Crippen MR) is 86.6 cm³/mol. The highest BCUT2D eigenvalue weighted by Gasteiger charge is 2.19. The van der Waals surface area contributed by atoms with Gasteiger partial charge in [-0.15, -0.1) is 0 Å². The van der Waals surface area contributed by atoms with Gasteiger partial charge in [-0.3, -0.25) is 10.1 Å². The summed E-state index contributed by atoms with van der Waals surface area (Å²) in [7, 11) is 1.41. The van der Waals surface area contributed by atoms with E-state index in [1.807, 2.05) is 0 Å². The molecule has 0 aliphatic rings. The molecule has 25 heavy (non-hydrogen) atoms. The van der Waals surface area contributed by atoms with Crippen molar-refractivity contribution in [2.75, 3.05) is 46.7 Å². The van der Waals surface area contributed by atoms with Crippen LogP contribution in [-0.2, 0) is 20.8 Å². The summed E-state index contributed by atoms with van der Waals surface area (Å²) in [4.78, 5) is 21.7. The van der Waals surface area contributed by atoms with Crippen molar-refractivity contribution >= 4 is 11.8 Å². The fraction of sp³-hybridized carbons (Fsp3) is 0.533. The average molecular weight is 358 g/mol. The molecule has 0 saturated carbocycles. The molecule has 0 aliphatic heterocycles. The van der Waals surface area contributed by atoms with Crippen molar-refractivity contribution in [2.24, 2.45) is 0 Å². The predicted octanol–water partition coefficient (Wildman–Crippen LogP) is 0.855. The molecule has 0 heterocycles. The number of carbonyl (C=O) groups excluding carboxylic acids is 1. The first kappa shape index (κ1) is 20.6. The number of aliphatic hydroxyl groups excluding tert-OH is 1. The van der Waals surface area contributed by atoms with Gasteiger partial charge in [-0.25, -0.2) is 4.79 Å². The first-order valence-corrected chi connectivity index (χ1v) is 7.60. The number of amides is 1. The van der Waals surface area contributed by atoms with Gasteiger partial charge in [0.2, 0.25) is 5.75 Å². The van der Waals surface area contributed by atoms with Crippen LogP contribution in [0.2, 0.25) is 0 Å². The minimum Gasteiger partial charge on any atom is -0.484 e. The standard InChI is InChI=1S/C15H22N2O8/c1-16-15(19)25-11-12-3-2-4-13(17(20)21)14(12)24-10-9-23-8-7-22-6-5-18/h2-4,18H,5-11H2,1H3,(H,16,19). The van der Waals surface area contributed by atoms with E-state index in [9.17, 15) is 14.9 Å². The smallest absolute Gasteiger partial charge is 0.407 e. The Hall–Kier alpha value is -2.43. The van der Waals surface area contributed by atoms with E-state index in [1.165, 1.54) is 19.2 Å². The summed E-state index contributed by atoms with van der Waals surface area (Å²) in [6.07, 6.45) is -0.649. The van der Waals surface area contributed by atoms with Crippen LogP contribution in [0.3, 0.4) is 0 Å². The molecule has 0 spiro atoms. The molecule has 0 aromatic heterocycles. The van der Waals surface area contributed by atoms with E-state index in [0.29, 0.717) is 18.8 Å². The first-order chi connectivity index (χ1) is 12.1. The van der Waals surface area contributed by atoms with E-state index >= 15 is 0 Å². The number of rotatable bonds is 12. The number of nitro benzene ring substituents is 1. The summed E-state index contributed by atoms with van der Waals surface area (Å²) in [6, 6.07) is 4.37. The van der Waals surface area contributed by atoms with Gasteiger partial charge in [-0.1, -0.05) is 12.1 Å². The largest absolute Gasteiger partial charge is 0.484 e. The molecule has 0 bridgehead atoms. The van der Waals surface area contributed by atoms with Crippen LogP contribution in [0.1, 0.15) is 5.56 Å². The van der Waals surface area contributed by atoms with Crippen LogP contribution in [0.4, 0.5) is 10.5 Å². The second-order valence-corrected chi connectivity index (χ2v) is 4.65. The second-order valence-electron chi connectivity index (χ2n) is 4.65. The van der Waals surface area contributed by atoms with Crippen LogP contribution in [0.5, 0.6) is 5.75 Å². The van der Waals surface area contributed by atoms with E-state index < -0.39 is 11.0 Å². The molecule has 0 fully saturated rings. The van der Waals surface area contributed by atoms with E-state index in [2.05, 4.69) is 5.32 Å². The highest BCUT2D eigenvalue weighted by molar-refractivity contribution is 5.66. The van der Waals surface area contributed by atoms with Gasteiger partial charge in [-0.2, -0.15) is 0 Å². The van der Waals surface area contributed by atoms with Gasteiger partial charge in [0.25, 0.3) is 0 Å². The third-order valence-electron chi connectivity index (χ3n) is 2.92. The molecule has 1 aromatic carbocycles. The van der Waals surface area contributed by atoms with Crippen LogP contribution in [0.15, 0.2) is 18.2 Å². The van der Waals surface area contributed by atoms with Crippen LogP contribution in [-0.4, -0.2) is 62.8 Å². The average Bonchev–Trinajstić information content (AvgIpc) is 2.62. The molecule has 140 valence electrons. The summed E-state index contributed by atoms with van der Waals surface area (Å²) in [5.41, 5.74) is 0.161. The molecule has 0 aliphatic carbocycles. The maximum absolute atomic E-state index is 11.2. The van der Waals surface area contributed by atoms with Crippen molar-refractivity contribution in [3.8, 4) is 5.75 Å². The number of para-hydroxylation sites is 1. The Kier molecular flexibility index (Phi) is 9.90. The number of carbonyl (C=O) groups is 1. The SMILES string of the molecule is CNC(=O)OCc1cccc([N+](=O)[O-])c1OCCOCCOCCO. The number of nitrogens with one attached hydrogen (secondary N) is 1. The maximum Gasteiger partial charge on any atom is 0.407 e. The minimum absolute atomic E-state index is 0.0385. The number of hydrogen-bond donors (Lipinski definition) is 2. The highest BCUT2D eigenvalue weighted by atomic mass is 16.6. The summed E-state index contributed by atoms with van der Waals surface area (Å²) in [5, 5.41) is 22.0. The van der Waals surface area contributed by atoms with Gasteiger partial charge in [0, 0.05) is 18.7 Å². The van der Waals surface area contributed by atoms with Gasteiger partial charge in [0.05, 0.1) is 38.0 Å². The third-order valence-corrected chi connectivity index (χ3v) is 2.92. The number of hydrogen-bond acceptors (Lipinski definition) is 8. The maximum atomic E-state index is 11.2. The van der Waals surface area contributed by atoms with E-state index in [-0.39, 0.29) is 44.5 Å². The lowest BCUT2D eigenvalue weighted by atomic mass is 10.2. The summed E-state index contributed by atoms with van der Waals surface area (Å²) in [6.45, 7) is 0.950. The zero-order valence-electron chi connectivity index (χ0n) is 13.9. The van der Waals surface area contributed by atoms with E-state index in [1.54, 1.807) is 6.07 Å². The normalized spacial score (nSPS) is 10.3. The van der Waals surface area contributed by atoms with Crippen molar-refractivity contribution in [1.29, 1.82) is 0 Å². The Bertz CT molecular complexity index is 552. The lowest BCUT2D eigenvalue weighted by molar-refractivity contribution is -0.386. The van der Waals surface area contributed by atoms with Crippen LogP contribution in [0, 0.1) is 10.1 Å².